The van der Waals surface area contributed by atoms with Gasteiger partial charge in [0.25, 0.3) is 5.91 Å². The number of aromatic nitrogens is 4. The van der Waals surface area contributed by atoms with Gasteiger partial charge in [-0.05, 0) is 50.8 Å². The van der Waals surface area contributed by atoms with Crippen molar-refractivity contribution in [3.8, 4) is 0 Å². The van der Waals surface area contributed by atoms with Gasteiger partial charge in [0, 0.05) is 43.1 Å². The van der Waals surface area contributed by atoms with Crippen LogP contribution in [-0.2, 0) is 13.0 Å². The molecule has 0 saturated carbocycles. The van der Waals surface area contributed by atoms with Gasteiger partial charge >= 0.3 is 0 Å². The summed E-state index contributed by atoms with van der Waals surface area (Å²) in [6.07, 6.45) is 6.38. The molecule has 0 radical (unpaired) electrons. The average molecular weight is 393 g/mol. The molecule has 29 heavy (non-hydrogen) atoms. The average Bonchev–Trinajstić information content (AvgIpc) is 3.22. The highest BCUT2D eigenvalue weighted by molar-refractivity contribution is 5.97. The van der Waals surface area contributed by atoms with Gasteiger partial charge < -0.3 is 9.47 Å². The van der Waals surface area contributed by atoms with Crippen LogP contribution in [0.15, 0.2) is 29.3 Å². The van der Waals surface area contributed by atoms with E-state index in [1.165, 1.54) is 5.56 Å². The minimum atomic E-state index is -0.236. The Balaban J connectivity index is 1.69. The number of piperidine rings is 1. The second kappa shape index (κ2) is 7.81. The Bertz CT molecular complexity index is 1110. The zero-order valence-electron chi connectivity index (χ0n) is 17.2. The number of carbonyl (C=O) groups is 1. The lowest BCUT2D eigenvalue weighted by atomic mass is 9.91. The minimum absolute atomic E-state index is 0.193. The summed E-state index contributed by atoms with van der Waals surface area (Å²) in [5, 5.41) is 7.81. The zero-order valence-corrected chi connectivity index (χ0v) is 17.2. The van der Waals surface area contributed by atoms with Crippen molar-refractivity contribution >= 4 is 16.9 Å². The monoisotopic (exact) mass is 393 g/mol. The Morgan fingerprint density at radius 2 is 2.14 bits per heavy atom. The lowest BCUT2D eigenvalue weighted by molar-refractivity contribution is 0.0703. The van der Waals surface area contributed by atoms with E-state index < -0.39 is 0 Å². The molecular weight excluding hydrogens is 366 g/mol. The third-order valence-electron chi connectivity index (χ3n) is 5.88. The van der Waals surface area contributed by atoms with E-state index in [0.717, 1.165) is 30.7 Å². The van der Waals surface area contributed by atoms with Gasteiger partial charge in [-0.25, -0.2) is 4.98 Å². The number of nitrogens with one attached hydrogen (secondary N) is 1. The van der Waals surface area contributed by atoms with Gasteiger partial charge in [0.2, 0.25) is 5.43 Å². The summed E-state index contributed by atoms with van der Waals surface area (Å²) in [5.41, 5.74) is 3.80. The van der Waals surface area contributed by atoms with Gasteiger partial charge in [0.05, 0.1) is 11.6 Å². The molecule has 1 aliphatic heterocycles. The first-order valence-corrected chi connectivity index (χ1v) is 10.4. The van der Waals surface area contributed by atoms with Crippen LogP contribution in [0.3, 0.4) is 0 Å². The van der Waals surface area contributed by atoms with Crippen LogP contribution < -0.4 is 5.43 Å². The van der Waals surface area contributed by atoms with Crippen molar-refractivity contribution in [1.82, 2.24) is 24.6 Å². The summed E-state index contributed by atoms with van der Waals surface area (Å²) < 4.78 is 1.89. The third-order valence-corrected chi connectivity index (χ3v) is 5.88. The van der Waals surface area contributed by atoms with Gasteiger partial charge in [0.15, 0.2) is 0 Å². The zero-order chi connectivity index (χ0) is 20.5. The number of likely N-dealkylation sites (tertiary alicyclic amines) is 1. The first-order valence-electron chi connectivity index (χ1n) is 10.4. The topological polar surface area (TPSA) is 83.9 Å². The number of carbonyl (C=O) groups excluding carboxylic acids is 1. The van der Waals surface area contributed by atoms with Crippen molar-refractivity contribution in [2.75, 3.05) is 13.1 Å². The molecule has 7 heteroatoms. The third kappa shape index (κ3) is 3.45. The molecule has 3 aromatic heterocycles. The van der Waals surface area contributed by atoms with Crippen LogP contribution in [0.25, 0.3) is 11.0 Å². The Morgan fingerprint density at radius 3 is 2.90 bits per heavy atom. The number of aromatic amines is 1. The van der Waals surface area contributed by atoms with Gasteiger partial charge in [-0.15, -0.1) is 0 Å². The molecule has 1 atom stereocenters. The normalized spacial score (nSPS) is 17.1. The second-order valence-electron chi connectivity index (χ2n) is 7.73. The van der Waals surface area contributed by atoms with E-state index in [1.807, 2.05) is 35.6 Å². The maximum Gasteiger partial charge on any atom is 0.259 e. The van der Waals surface area contributed by atoms with E-state index >= 15 is 0 Å². The lowest BCUT2D eigenvalue weighted by Crippen LogP contribution is -2.41. The smallest absolute Gasteiger partial charge is 0.259 e. The quantitative estimate of drug-likeness (QED) is 0.738. The summed E-state index contributed by atoms with van der Waals surface area (Å²) in [5.74, 6) is 0.0327. The van der Waals surface area contributed by atoms with Crippen molar-refractivity contribution in [3.63, 3.8) is 0 Å². The SMILES string of the molecule is CCc1cn[nH]c1C1CCCN(C(=O)c2cn(CC)c3nc(C)ccc3c2=O)C1. The van der Waals surface area contributed by atoms with Crippen molar-refractivity contribution in [2.45, 2.75) is 52.5 Å². The number of nitrogens with zero attached hydrogens (tertiary/aromatic N) is 4. The Kier molecular flexibility index (Phi) is 5.22. The molecule has 7 nitrogen and oxygen atoms in total. The fourth-order valence-electron chi connectivity index (χ4n) is 4.28. The van der Waals surface area contributed by atoms with E-state index in [0.29, 0.717) is 30.7 Å². The summed E-state index contributed by atoms with van der Waals surface area (Å²) >= 11 is 0. The summed E-state index contributed by atoms with van der Waals surface area (Å²) in [7, 11) is 0. The molecule has 152 valence electrons. The number of hydrogen-bond donors (Lipinski definition) is 1. The molecule has 0 spiro atoms. The number of hydrogen-bond acceptors (Lipinski definition) is 4. The number of rotatable bonds is 4. The fraction of sp³-hybridized carbons (Fsp3) is 0.455. The van der Waals surface area contributed by atoms with Crippen LogP contribution in [0.1, 0.15) is 59.9 Å². The van der Waals surface area contributed by atoms with Crippen LogP contribution in [-0.4, -0.2) is 43.6 Å². The van der Waals surface area contributed by atoms with E-state index in [4.69, 9.17) is 0 Å². The molecule has 4 heterocycles. The van der Waals surface area contributed by atoms with Crippen molar-refractivity contribution in [2.24, 2.45) is 0 Å². The summed E-state index contributed by atoms with van der Waals surface area (Å²) in [6.45, 7) is 7.91. The van der Waals surface area contributed by atoms with E-state index in [-0.39, 0.29) is 22.8 Å². The molecule has 1 amide bonds. The number of aryl methyl sites for hydroxylation is 3. The molecule has 3 aromatic rings. The Labute approximate surface area is 169 Å². The maximum atomic E-state index is 13.3. The first kappa shape index (κ1) is 19.4. The van der Waals surface area contributed by atoms with Gasteiger partial charge in [0.1, 0.15) is 11.2 Å². The minimum Gasteiger partial charge on any atom is -0.338 e. The van der Waals surface area contributed by atoms with E-state index in [1.54, 1.807) is 12.3 Å². The van der Waals surface area contributed by atoms with Crippen LogP contribution in [0.5, 0.6) is 0 Å². The van der Waals surface area contributed by atoms with Gasteiger partial charge in [-0.1, -0.05) is 6.92 Å². The Morgan fingerprint density at radius 1 is 1.31 bits per heavy atom. The molecule has 1 saturated heterocycles. The molecular formula is C22H27N5O2. The lowest BCUT2D eigenvalue weighted by Gasteiger charge is -2.32. The van der Waals surface area contributed by atoms with Crippen LogP contribution in [0, 0.1) is 6.92 Å². The van der Waals surface area contributed by atoms with Crippen LogP contribution in [0.4, 0.5) is 0 Å². The van der Waals surface area contributed by atoms with Gasteiger partial charge in [-0.2, -0.15) is 5.10 Å². The predicted molar refractivity (Wildman–Crippen MR) is 112 cm³/mol. The molecule has 4 rings (SSSR count). The van der Waals surface area contributed by atoms with E-state index in [2.05, 4.69) is 22.1 Å². The highest BCUT2D eigenvalue weighted by Crippen LogP contribution is 2.28. The maximum absolute atomic E-state index is 13.3. The molecule has 1 N–H and O–H groups in total. The van der Waals surface area contributed by atoms with Crippen LogP contribution >= 0.6 is 0 Å². The molecule has 1 fully saturated rings. The van der Waals surface area contributed by atoms with E-state index in [9.17, 15) is 9.59 Å². The van der Waals surface area contributed by atoms with Gasteiger partial charge in [-0.3, -0.25) is 14.7 Å². The van der Waals surface area contributed by atoms with Crippen molar-refractivity contribution in [3.05, 3.63) is 57.3 Å². The second-order valence-corrected chi connectivity index (χ2v) is 7.73. The Hall–Kier alpha value is -2.96. The number of H-pyrrole nitrogens is 1. The fourth-order valence-corrected chi connectivity index (χ4v) is 4.28. The summed E-state index contributed by atoms with van der Waals surface area (Å²) in [6, 6.07) is 3.60. The summed E-state index contributed by atoms with van der Waals surface area (Å²) in [4.78, 5) is 32.8. The highest BCUT2D eigenvalue weighted by atomic mass is 16.2. The molecule has 0 bridgehead atoms. The highest BCUT2D eigenvalue weighted by Gasteiger charge is 2.29. The molecule has 0 aliphatic carbocycles. The molecule has 1 aliphatic rings. The molecule has 1 unspecified atom stereocenters. The van der Waals surface area contributed by atoms with Crippen molar-refractivity contribution in [1.29, 1.82) is 0 Å². The number of fused-ring (bicyclic) bond motifs is 1. The predicted octanol–water partition coefficient (Wildman–Crippen LogP) is 3.03. The molecule has 0 aromatic carbocycles. The number of pyridine rings is 2. The number of amides is 1. The van der Waals surface area contributed by atoms with Crippen LogP contribution in [0.2, 0.25) is 0 Å². The standard InChI is InChI=1S/C22H27N5O2/c1-4-15-11-23-25-19(15)16-7-6-10-27(12-16)22(29)18-13-26(5-2)21-17(20(18)28)9-8-14(3)24-21/h8-9,11,13,16H,4-7,10,12H2,1-3H3,(H,23,25). The first-order chi connectivity index (χ1) is 14.0. The van der Waals surface area contributed by atoms with Crippen molar-refractivity contribution < 1.29 is 4.79 Å². The largest absolute Gasteiger partial charge is 0.338 e.